The normalized spacial score (nSPS) is 9.86. The molecule has 0 saturated carbocycles. The zero-order valence-electron chi connectivity index (χ0n) is 17.0. The van der Waals surface area contributed by atoms with Gasteiger partial charge in [-0.25, -0.2) is 9.97 Å². The van der Waals surface area contributed by atoms with Crippen LogP contribution in [0.1, 0.15) is 52.1 Å². The number of hydrogen-bond acceptors (Lipinski definition) is 7. The molecule has 0 unspecified atom stereocenters. The third-order valence-corrected chi connectivity index (χ3v) is 3.60. The Balaban J connectivity index is 0.000000372. The number of rotatable bonds is 7. The molecule has 0 fully saturated rings. The molecule has 3 rings (SSSR count). The molecule has 0 radical (unpaired) electrons. The van der Waals surface area contributed by atoms with Gasteiger partial charge in [0.1, 0.15) is 12.3 Å². The van der Waals surface area contributed by atoms with Crippen LogP contribution in [0.3, 0.4) is 0 Å². The second kappa shape index (κ2) is 13.3. The van der Waals surface area contributed by atoms with E-state index < -0.39 is 0 Å². The predicted octanol–water partition coefficient (Wildman–Crippen LogP) is 3.45. The second-order valence-corrected chi connectivity index (χ2v) is 5.75. The van der Waals surface area contributed by atoms with Crippen LogP contribution in [0.25, 0.3) is 5.65 Å². The number of nitrogens with two attached hydrogens (primary N) is 2. The van der Waals surface area contributed by atoms with Gasteiger partial charge < -0.3 is 25.7 Å². The quantitative estimate of drug-likeness (QED) is 0.529. The lowest BCUT2D eigenvalue weighted by atomic mass is 10.2. The average Bonchev–Trinajstić information content (AvgIpc) is 3.13. The smallest absolute Gasteiger partial charge is 0.222 e. The van der Waals surface area contributed by atoms with Crippen molar-refractivity contribution in [2.24, 2.45) is 0 Å². The Morgan fingerprint density at radius 3 is 2.54 bits per heavy atom. The van der Waals surface area contributed by atoms with E-state index in [1.807, 2.05) is 48.8 Å². The molecule has 3 aromatic heterocycles. The van der Waals surface area contributed by atoms with Gasteiger partial charge in [0.25, 0.3) is 0 Å². The Hall–Kier alpha value is -2.87. The van der Waals surface area contributed by atoms with Crippen LogP contribution in [0.5, 0.6) is 5.75 Å². The Bertz CT molecular complexity index is 769. The molecule has 0 spiro atoms. The van der Waals surface area contributed by atoms with E-state index in [0.29, 0.717) is 19.0 Å². The summed E-state index contributed by atoms with van der Waals surface area (Å²) in [6.07, 6.45) is 9.95. The van der Waals surface area contributed by atoms with Gasteiger partial charge in [0, 0.05) is 19.0 Å². The molecule has 0 aliphatic heterocycles. The largest absolute Gasteiger partial charge is 0.482 e. The van der Waals surface area contributed by atoms with Crippen LogP contribution in [0.4, 0.5) is 11.8 Å². The highest BCUT2D eigenvalue weighted by atomic mass is 16.5. The first-order valence-corrected chi connectivity index (χ1v) is 9.68. The van der Waals surface area contributed by atoms with Crippen molar-refractivity contribution in [3.05, 3.63) is 42.5 Å². The van der Waals surface area contributed by atoms with E-state index in [2.05, 4.69) is 21.9 Å². The van der Waals surface area contributed by atoms with E-state index in [9.17, 15) is 0 Å². The van der Waals surface area contributed by atoms with Crippen LogP contribution >= 0.6 is 0 Å². The molecule has 0 saturated heterocycles. The first kappa shape index (κ1) is 23.2. The van der Waals surface area contributed by atoms with E-state index in [1.54, 1.807) is 0 Å². The molecule has 0 amide bonds. The highest BCUT2D eigenvalue weighted by molar-refractivity contribution is 5.47. The van der Waals surface area contributed by atoms with Crippen molar-refractivity contribution < 1.29 is 9.84 Å². The van der Waals surface area contributed by atoms with Crippen molar-refractivity contribution in [2.75, 3.05) is 18.1 Å². The van der Waals surface area contributed by atoms with Gasteiger partial charge in [-0.3, -0.25) is 0 Å². The first-order chi connectivity index (χ1) is 13.6. The van der Waals surface area contributed by atoms with Gasteiger partial charge in [-0.2, -0.15) is 4.98 Å². The van der Waals surface area contributed by atoms with Gasteiger partial charge in [0.2, 0.25) is 5.95 Å². The van der Waals surface area contributed by atoms with Gasteiger partial charge >= 0.3 is 0 Å². The van der Waals surface area contributed by atoms with Gasteiger partial charge in [0.15, 0.2) is 11.6 Å². The molecule has 28 heavy (non-hydrogen) atoms. The Labute approximate surface area is 166 Å². The molecule has 0 aliphatic rings. The number of unbranched alkanes of at least 4 members (excludes halogenated alkanes) is 3. The maximum atomic E-state index is 8.29. The summed E-state index contributed by atoms with van der Waals surface area (Å²) in [5.74, 6) is 0.736. The molecule has 0 aliphatic carbocycles. The molecule has 0 bridgehead atoms. The summed E-state index contributed by atoms with van der Waals surface area (Å²) in [5, 5.41) is 8.29. The molecule has 5 N–H and O–H groups in total. The number of anilines is 2. The van der Waals surface area contributed by atoms with Crippen molar-refractivity contribution >= 4 is 17.4 Å². The zero-order chi connectivity index (χ0) is 20.8. The Morgan fingerprint density at radius 2 is 1.89 bits per heavy atom. The molecule has 8 nitrogen and oxygen atoms in total. The van der Waals surface area contributed by atoms with Crippen molar-refractivity contribution in [1.29, 1.82) is 0 Å². The number of nitrogens with zero attached hydrogens (tertiary/aromatic N) is 4. The van der Waals surface area contributed by atoms with E-state index in [1.165, 1.54) is 25.5 Å². The minimum absolute atomic E-state index is 0.123. The minimum Gasteiger partial charge on any atom is -0.482 e. The van der Waals surface area contributed by atoms with Gasteiger partial charge in [-0.05, 0) is 18.6 Å². The third kappa shape index (κ3) is 7.79. The summed E-state index contributed by atoms with van der Waals surface area (Å²) in [7, 11) is 0. The summed E-state index contributed by atoms with van der Waals surface area (Å²) in [4.78, 5) is 12.1. The number of hydrogen-bond donors (Lipinski definition) is 3. The lowest BCUT2D eigenvalue weighted by Gasteiger charge is -2.05. The summed E-state index contributed by atoms with van der Waals surface area (Å²) < 4.78 is 7.44. The molecule has 3 aromatic rings. The molecule has 8 heteroatoms. The zero-order valence-corrected chi connectivity index (χ0v) is 17.0. The maximum Gasteiger partial charge on any atom is 0.222 e. The van der Waals surface area contributed by atoms with Crippen molar-refractivity contribution in [1.82, 2.24) is 19.4 Å². The number of imidazole rings is 1. The van der Waals surface area contributed by atoms with Crippen molar-refractivity contribution in [3.63, 3.8) is 0 Å². The fraction of sp³-hybridized carbons (Fsp3) is 0.450. The molecule has 0 aromatic carbocycles. The lowest BCUT2D eigenvalue weighted by molar-refractivity contribution is 0.283. The topological polar surface area (TPSA) is 125 Å². The average molecular weight is 389 g/mol. The number of pyridine rings is 1. The van der Waals surface area contributed by atoms with Gasteiger partial charge in [-0.1, -0.05) is 46.1 Å². The minimum atomic E-state index is 0.123. The van der Waals surface area contributed by atoms with Crippen LogP contribution in [-0.2, 0) is 6.61 Å². The number of aliphatic hydroxyl groups is 1. The Morgan fingerprint density at radius 1 is 1.11 bits per heavy atom. The number of aromatic nitrogens is 4. The molecular formula is C20H32N6O2. The number of fused-ring (bicyclic) bond motifs is 1. The number of aliphatic hydroxyl groups excluding tert-OH is 1. The third-order valence-electron chi connectivity index (χ3n) is 3.60. The fourth-order valence-electron chi connectivity index (χ4n) is 2.26. The van der Waals surface area contributed by atoms with Crippen LogP contribution in [0.2, 0.25) is 0 Å². The highest BCUT2D eigenvalue weighted by Crippen LogP contribution is 2.19. The first-order valence-electron chi connectivity index (χ1n) is 9.68. The number of nitrogen functional groups attached to an aromatic ring is 2. The van der Waals surface area contributed by atoms with E-state index in [-0.39, 0.29) is 11.8 Å². The van der Waals surface area contributed by atoms with E-state index >= 15 is 0 Å². The SMILES string of the molecule is CC.CCCCCCO.Nc1ncc(OCc2cn3ccccc3n2)c(N)n1. The van der Waals surface area contributed by atoms with Crippen LogP contribution in [-0.4, -0.2) is 31.1 Å². The highest BCUT2D eigenvalue weighted by Gasteiger charge is 2.06. The van der Waals surface area contributed by atoms with Crippen molar-refractivity contribution in [2.45, 2.75) is 53.1 Å². The van der Waals surface area contributed by atoms with Crippen molar-refractivity contribution in [3.8, 4) is 5.75 Å². The lowest BCUT2D eigenvalue weighted by Crippen LogP contribution is -2.04. The summed E-state index contributed by atoms with van der Waals surface area (Å²) in [6.45, 7) is 6.82. The summed E-state index contributed by atoms with van der Waals surface area (Å²) >= 11 is 0. The monoisotopic (exact) mass is 388 g/mol. The number of ether oxygens (including phenoxy) is 1. The molecular weight excluding hydrogens is 356 g/mol. The van der Waals surface area contributed by atoms with Gasteiger partial charge in [0.05, 0.1) is 11.9 Å². The maximum absolute atomic E-state index is 8.29. The van der Waals surface area contributed by atoms with Gasteiger partial charge in [-0.15, -0.1) is 0 Å². The van der Waals surface area contributed by atoms with Crippen LogP contribution in [0, 0.1) is 0 Å². The Kier molecular flexibility index (Phi) is 11.0. The standard InChI is InChI=1S/C12H12N6O.C6H14O.C2H6/c13-11-9(5-15-12(14)17-11)19-7-8-6-18-4-2-1-3-10(18)16-8;1-2-3-4-5-6-7;1-2/h1-6H,7H2,(H4,13,14,15,17);7H,2-6H2,1H3;1-2H3. The molecule has 3 heterocycles. The molecule has 154 valence electrons. The summed E-state index contributed by atoms with van der Waals surface area (Å²) in [5.41, 5.74) is 12.7. The molecule has 0 atom stereocenters. The van der Waals surface area contributed by atoms with E-state index in [0.717, 1.165) is 17.8 Å². The predicted molar refractivity (Wildman–Crippen MR) is 113 cm³/mol. The second-order valence-electron chi connectivity index (χ2n) is 5.75. The fourth-order valence-corrected chi connectivity index (χ4v) is 2.26. The van der Waals surface area contributed by atoms with E-state index in [4.69, 9.17) is 21.3 Å². The van der Waals surface area contributed by atoms with Crippen LogP contribution < -0.4 is 16.2 Å². The van der Waals surface area contributed by atoms with Crippen LogP contribution in [0.15, 0.2) is 36.8 Å². The summed E-state index contributed by atoms with van der Waals surface area (Å²) in [6, 6.07) is 5.79.